The number of rotatable bonds is 13. The minimum absolute atomic E-state index is 0.957. The summed E-state index contributed by atoms with van der Waals surface area (Å²) in [6.45, 7) is 9.30. The number of hydrogen-bond acceptors (Lipinski definition) is 2. The molecule has 0 aromatic rings. The summed E-state index contributed by atoms with van der Waals surface area (Å²) in [5.41, 5.74) is 0. The predicted molar refractivity (Wildman–Crippen MR) is 91.5 cm³/mol. The second kappa shape index (κ2) is 14.1. The van der Waals surface area contributed by atoms with Crippen molar-refractivity contribution in [1.82, 2.24) is 0 Å². The monoisotopic (exact) mass is 290 g/mol. The molecule has 0 aliphatic heterocycles. The van der Waals surface area contributed by atoms with E-state index in [1.165, 1.54) is 62.9 Å². The van der Waals surface area contributed by atoms with Gasteiger partial charge in [-0.15, -0.1) is 0 Å². The van der Waals surface area contributed by atoms with Gasteiger partial charge in [-0.05, 0) is 24.7 Å². The van der Waals surface area contributed by atoms with E-state index in [0.29, 0.717) is 0 Å². The molecule has 0 bridgehead atoms. The SMILES string of the molecule is CCCC[C@H](CC)CSSC[C@@H](CC)CCCC. The second-order valence-corrected chi connectivity index (χ2v) is 7.95. The maximum absolute atomic E-state index is 2.35. The van der Waals surface area contributed by atoms with Gasteiger partial charge < -0.3 is 0 Å². The number of hydrogen-bond donors (Lipinski definition) is 0. The topological polar surface area (TPSA) is 0 Å². The molecule has 0 amide bonds. The van der Waals surface area contributed by atoms with Crippen LogP contribution in [0.25, 0.3) is 0 Å². The lowest BCUT2D eigenvalue weighted by Gasteiger charge is -2.16. The van der Waals surface area contributed by atoms with E-state index in [4.69, 9.17) is 0 Å². The third kappa shape index (κ3) is 10.6. The highest BCUT2D eigenvalue weighted by molar-refractivity contribution is 8.76. The average Bonchev–Trinajstić information content (AvgIpc) is 2.41. The Labute approximate surface area is 124 Å². The van der Waals surface area contributed by atoms with Gasteiger partial charge >= 0.3 is 0 Å². The first-order valence-electron chi connectivity index (χ1n) is 8.02. The van der Waals surface area contributed by atoms with Crippen LogP contribution in [0, 0.1) is 11.8 Å². The Morgan fingerprint density at radius 1 is 0.667 bits per heavy atom. The molecule has 0 fully saturated rings. The smallest absolute Gasteiger partial charge is 0.00652 e. The molecule has 18 heavy (non-hydrogen) atoms. The van der Waals surface area contributed by atoms with E-state index in [1.807, 2.05) is 0 Å². The summed E-state index contributed by atoms with van der Waals surface area (Å²) in [4.78, 5) is 0. The van der Waals surface area contributed by atoms with Gasteiger partial charge in [0.1, 0.15) is 0 Å². The largest absolute Gasteiger partial charge is 0.0939 e. The Hall–Kier alpha value is 0.700. The van der Waals surface area contributed by atoms with Crippen LogP contribution in [0.3, 0.4) is 0 Å². The molecule has 0 heterocycles. The first-order chi connectivity index (χ1) is 8.78. The van der Waals surface area contributed by atoms with E-state index in [0.717, 1.165) is 11.8 Å². The van der Waals surface area contributed by atoms with Crippen molar-refractivity contribution in [2.75, 3.05) is 11.5 Å². The van der Waals surface area contributed by atoms with Crippen molar-refractivity contribution in [2.24, 2.45) is 11.8 Å². The van der Waals surface area contributed by atoms with Crippen LogP contribution in [0.5, 0.6) is 0 Å². The van der Waals surface area contributed by atoms with Gasteiger partial charge in [0.25, 0.3) is 0 Å². The molecule has 0 rings (SSSR count). The van der Waals surface area contributed by atoms with Crippen molar-refractivity contribution in [2.45, 2.75) is 79.1 Å². The fourth-order valence-corrected chi connectivity index (χ4v) is 5.20. The van der Waals surface area contributed by atoms with Gasteiger partial charge in [0.15, 0.2) is 0 Å². The van der Waals surface area contributed by atoms with Gasteiger partial charge in [0.2, 0.25) is 0 Å². The Kier molecular flexibility index (Phi) is 14.7. The van der Waals surface area contributed by atoms with Gasteiger partial charge in [-0.1, -0.05) is 87.8 Å². The molecule has 0 saturated heterocycles. The summed E-state index contributed by atoms with van der Waals surface area (Å²) in [6, 6.07) is 0. The van der Waals surface area contributed by atoms with E-state index >= 15 is 0 Å². The summed E-state index contributed by atoms with van der Waals surface area (Å²) in [5.74, 6) is 4.65. The quantitative estimate of drug-likeness (QED) is 0.270. The summed E-state index contributed by atoms with van der Waals surface area (Å²) in [5, 5.41) is 0. The molecule has 0 aromatic heterocycles. The van der Waals surface area contributed by atoms with Gasteiger partial charge in [-0.25, -0.2) is 0 Å². The Morgan fingerprint density at radius 3 is 1.33 bits per heavy atom. The number of unbranched alkanes of at least 4 members (excludes halogenated alkanes) is 2. The van der Waals surface area contributed by atoms with Crippen molar-refractivity contribution in [3.63, 3.8) is 0 Å². The molecule has 0 saturated carbocycles. The van der Waals surface area contributed by atoms with Crippen molar-refractivity contribution < 1.29 is 0 Å². The van der Waals surface area contributed by atoms with E-state index < -0.39 is 0 Å². The Balaban J connectivity index is 3.55. The minimum atomic E-state index is 0.957. The van der Waals surface area contributed by atoms with Crippen LogP contribution in [-0.2, 0) is 0 Å². The highest BCUT2D eigenvalue weighted by Crippen LogP contribution is 2.31. The molecule has 0 spiro atoms. The molecule has 0 radical (unpaired) electrons. The molecule has 110 valence electrons. The predicted octanol–water partition coefficient (Wildman–Crippen LogP) is 6.80. The molecule has 0 aromatic carbocycles. The Bertz CT molecular complexity index is 141. The average molecular weight is 291 g/mol. The highest BCUT2D eigenvalue weighted by atomic mass is 33.1. The minimum Gasteiger partial charge on any atom is -0.0939 e. The molecular weight excluding hydrogens is 256 g/mol. The van der Waals surface area contributed by atoms with E-state index in [-0.39, 0.29) is 0 Å². The summed E-state index contributed by atoms with van der Waals surface area (Å²) in [7, 11) is 4.26. The molecule has 0 N–H and O–H groups in total. The zero-order valence-electron chi connectivity index (χ0n) is 13.0. The van der Waals surface area contributed by atoms with Crippen molar-refractivity contribution >= 4 is 21.6 Å². The first kappa shape index (κ1) is 18.7. The normalized spacial score (nSPS) is 14.7. The first-order valence-corrected chi connectivity index (χ1v) is 10.5. The third-order valence-electron chi connectivity index (χ3n) is 3.78. The van der Waals surface area contributed by atoms with Crippen molar-refractivity contribution in [3.05, 3.63) is 0 Å². The maximum Gasteiger partial charge on any atom is 0.00652 e. The van der Waals surface area contributed by atoms with Crippen molar-refractivity contribution in [3.8, 4) is 0 Å². The lowest BCUT2D eigenvalue weighted by Crippen LogP contribution is -2.03. The van der Waals surface area contributed by atoms with Gasteiger partial charge in [-0.3, -0.25) is 0 Å². The second-order valence-electron chi connectivity index (χ2n) is 5.40. The van der Waals surface area contributed by atoms with Crippen LogP contribution in [-0.4, -0.2) is 11.5 Å². The van der Waals surface area contributed by atoms with E-state index in [9.17, 15) is 0 Å². The van der Waals surface area contributed by atoms with Crippen LogP contribution in [0.4, 0.5) is 0 Å². The summed E-state index contributed by atoms with van der Waals surface area (Å²) >= 11 is 0. The van der Waals surface area contributed by atoms with Crippen LogP contribution in [0.2, 0.25) is 0 Å². The highest BCUT2D eigenvalue weighted by Gasteiger charge is 2.09. The van der Waals surface area contributed by atoms with E-state index in [1.54, 1.807) is 0 Å². The van der Waals surface area contributed by atoms with Crippen LogP contribution in [0.1, 0.15) is 79.1 Å². The van der Waals surface area contributed by atoms with Gasteiger partial charge in [0.05, 0.1) is 0 Å². The van der Waals surface area contributed by atoms with Crippen molar-refractivity contribution in [1.29, 1.82) is 0 Å². The van der Waals surface area contributed by atoms with Crippen LogP contribution >= 0.6 is 21.6 Å². The maximum atomic E-state index is 2.35. The fourth-order valence-electron chi connectivity index (χ4n) is 2.08. The molecule has 2 atom stereocenters. The lowest BCUT2D eigenvalue weighted by atomic mass is 10.0. The molecule has 0 unspecified atom stereocenters. The molecule has 2 heteroatoms. The zero-order valence-corrected chi connectivity index (χ0v) is 14.7. The van der Waals surface area contributed by atoms with E-state index in [2.05, 4.69) is 49.3 Å². The summed E-state index contributed by atoms with van der Waals surface area (Å²) in [6.07, 6.45) is 11.1. The summed E-state index contributed by atoms with van der Waals surface area (Å²) < 4.78 is 0. The standard InChI is InChI=1S/C16H34S2/c1-5-9-11-15(7-3)13-17-18-14-16(8-4)12-10-6-2/h15-16H,5-14H2,1-4H3/t15-,16-/m0/s1. The molecule has 0 nitrogen and oxygen atoms in total. The molecule has 0 aliphatic rings. The van der Waals surface area contributed by atoms with Crippen LogP contribution in [0.15, 0.2) is 0 Å². The fraction of sp³-hybridized carbons (Fsp3) is 1.00. The lowest BCUT2D eigenvalue weighted by molar-refractivity contribution is 0.499. The van der Waals surface area contributed by atoms with Gasteiger partial charge in [0, 0.05) is 11.5 Å². The van der Waals surface area contributed by atoms with Gasteiger partial charge in [-0.2, -0.15) is 0 Å². The molecule has 0 aliphatic carbocycles. The Morgan fingerprint density at radius 2 is 1.06 bits per heavy atom. The molecular formula is C16H34S2. The zero-order chi connectivity index (χ0) is 13.6. The third-order valence-corrected chi connectivity index (χ3v) is 6.48. The van der Waals surface area contributed by atoms with Crippen LogP contribution < -0.4 is 0 Å².